The number of nitrogens with zero attached hydrogens (tertiary/aromatic N) is 1. The summed E-state index contributed by atoms with van der Waals surface area (Å²) in [5, 5.41) is 13.4. The summed E-state index contributed by atoms with van der Waals surface area (Å²) >= 11 is -2.70. The van der Waals surface area contributed by atoms with Crippen molar-refractivity contribution < 1.29 is 41.6 Å². The highest BCUT2D eigenvalue weighted by atomic mass is 32.2. The molecule has 0 bridgehead atoms. The Morgan fingerprint density at radius 1 is 1.08 bits per heavy atom. The molecule has 3 aromatic carbocycles. The molecule has 1 aliphatic carbocycles. The van der Waals surface area contributed by atoms with E-state index in [2.05, 4.69) is 5.32 Å². The van der Waals surface area contributed by atoms with Crippen molar-refractivity contribution in [3.63, 3.8) is 0 Å². The maximum absolute atomic E-state index is 13.7. The molecule has 48 heavy (non-hydrogen) atoms. The first-order chi connectivity index (χ1) is 22.6. The lowest BCUT2D eigenvalue weighted by atomic mass is 9.75. The molecule has 2 aliphatic rings. The van der Waals surface area contributed by atoms with Gasteiger partial charge in [0, 0.05) is 41.9 Å². The van der Waals surface area contributed by atoms with Crippen molar-refractivity contribution >= 4 is 46.7 Å². The van der Waals surface area contributed by atoms with Crippen molar-refractivity contribution in [3.05, 3.63) is 88.2 Å². The first-order valence-electron chi connectivity index (χ1n) is 15.8. The van der Waals surface area contributed by atoms with E-state index >= 15 is 0 Å². The van der Waals surface area contributed by atoms with Gasteiger partial charge in [-0.15, -0.1) is 0 Å². The average Bonchev–Trinajstić information content (AvgIpc) is 3.77. The fourth-order valence-corrected chi connectivity index (χ4v) is 6.74. The first-order valence-corrected chi connectivity index (χ1v) is 16.8. The number of aromatic carboxylic acids is 1. The third-order valence-electron chi connectivity index (χ3n) is 9.77. The van der Waals surface area contributed by atoms with Gasteiger partial charge in [-0.3, -0.25) is 9.00 Å². The van der Waals surface area contributed by atoms with Gasteiger partial charge < -0.3 is 28.7 Å². The highest BCUT2D eigenvalue weighted by molar-refractivity contribution is 7.76. The average molecular weight is 676 g/mol. The largest absolute Gasteiger partial charge is 0.760 e. The summed E-state index contributed by atoms with van der Waals surface area (Å²) in [4.78, 5) is 25.5. The number of hydrogen-bond donors (Lipinski definition) is 2. The van der Waals surface area contributed by atoms with Gasteiger partial charge in [0.2, 0.25) is 0 Å². The van der Waals surface area contributed by atoms with Crippen LogP contribution >= 0.6 is 0 Å². The molecular formula is C35H37BFN2O8S-. The summed E-state index contributed by atoms with van der Waals surface area (Å²) < 4.78 is 58.9. The van der Waals surface area contributed by atoms with Crippen LogP contribution in [-0.4, -0.2) is 55.4 Å². The monoisotopic (exact) mass is 675 g/mol. The van der Waals surface area contributed by atoms with E-state index in [0.717, 1.165) is 18.4 Å². The minimum Gasteiger partial charge on any atom is -0.760 e. The number of nitrogens with one attached hydrogen (secondary N) is 1. The molecule has 1 saturated carbocycles. The maximum Gasteiger partial charge on any atom is 0.495 e. The number of carbonyl (C=O) groups excluding carboxylic acids is 1. The highest BCUT2D eigenvalue weighted by Gasteiger charge is 2.52. The summed E-state index contributed by atoms with van der Waals surface area (Å²) in [6.07, 6.45) is 1.82. The number of hydrogen-bond acceptors (Lipinski definition) is 7. The SMILES string of the molecule is CNC(=O)c1c(-c2ccc(F)cc2)oc2cc(CN(C(C)c3ccc(B4OC(C)(C)C(C)(C)O4)c(C(=O)O)c3)S(=O)[O-])c(C3CC3)cc12. The fraction of sp³-hybridized carbons (Fsp3) is 0.371. The van der Waals surface area contributed by atoms with Crippen LogP contribution in [0.15, 0.2) is 59.0 Å². The molecule has 1 amide bonds. The lowest BCUT2D eigenvalue weighted by molar-refractivity contribution is 0.00578. The van der Waals surface area contributed by atoms with Crippen molar-refractivity contribution in [2.45, 2.75) is 77.2 Å². The summed E-state index contributed by atoms with van der Waals surface area (Å²) in [7, 11) is 0.613. The maximum atomic E-state index is 13.7. The second kappa shape index (κ2) is 12.5. The molecule has 2 heterocycles. The normalized spacial score (nSPS) is 18.3. The predicted octanol–water partition coefficient (Wildman–Crippen LogP) is 5.83. The molecule has 6 rings (SSSR count). The number of furan rings is 1. The van der Waals surface area contributed by atoms with Crippen LogP contribution in [0.4, 0.5) is 4.39 Å². The van der Waals surface area contributed by atoms with Gasteiger partial charge in [0.15, 0.2) is 0 Å². The summed E-state index contributed by atoms with van der Waals surface area (Å²) in [5.41, 5.74) is 2.26. The van der Waals surface area contributed by atoms with E-state index in [1.165, 1.54) is 41.7 Å². The lowest BCUT2D eigenvalue weighted by Gasteiger charge is -2.32. The van der Waals surface area contributed by atoms with Crippen LogP contribution in [0.1, 0.15) is 96.8 Å². The van der Waals surface area contributed by atoms with Gasteiger partial charge in [0.25, 0.3) is 5.91 Å². The molecule has 1 aromatic heterocycles. The molecule has 252 valence electrons. The van der Waals surface area contributed by atoms with Gasteiger partial charge in [0.05, 0.1) is 22.3 Å². The summed E-state index contributed by atoms with van der Waals surface area (Å²) in [5.74, 6) is -1.51. The number of carboxylic acid groups (broad SMARTS) is 1. The van der Waals surface area contributed by atoms with Crippen LogP contribution in [0.2, 0.25) is 0 Å². The van der Waals surface area contributed by atoms with Crippen molar-refractivity contribution in [2.75, 3.05) is 7.05 Å². The van der Waals surface area contributed by atoms with Crippen molar-refractivity contribution in [1.82, 2.24) is 9.62 Å². The Hall–Kier alpha value is -3.88. The van der Waals surface area contributed by atoms with E-state index in [1.807, 2.05) is 33.8 Å². The third kappa shape index (κ3) is 6.21. The van der Waals surface area contributed by atoms with Crippen LogP contribution < -0.4 is 10.8 Å². The number of amides is 1. The molecule has 1 aliphatic heterocycles. The Bertz CT molecular complexity index is 1920. The van der Waals surface area contributed by atoms with E-state index in [1.54, 1.807) is 25.1 Å². The first kappa shape index (κ1) is 34.0. The van der Waals surface area contributed by atoms with Gasteiger partial charge in [0.1, 0.15) is 17.2 Å². The Morgan fingerprint density at radius 2 is 1.73 bits per heavy atom. The van der Waals surface area contributed by atoms with Crippen molar-refractivity contribution in [3.8, 4) is 11.3 Å². The number of halogens is 1. The second-order valence-electron chi connectivity index (χ2n) is 13.4. The number of benzene rings is 3. The summed E-state index contributed by atoms with van der Waals surface area (Å²) in [6.45, 7) is 9.19. The number of carbonyl (C=O) groups is 2. The lowest BCUT2D eigenvalue weighted by Crippen LogP contribution is -2.41. The zero-order valence-corrected chi connectivity index (χ0v) is 28.4. The molecule has 2 unspecified atom stereocenters. The molecule has 4 aromatic rings. The van der Waals surface area contributed by atoms with E-state index in [-0.39, 0.29) is 29.7 Å². The molecule has 0 spiro atoms. The Kier molecular flexibility index (Phi) is 8.88. The standard InChI is InChI=1S/C35H38BFN2O8S/c1-19(22-11-14-28(26(15-22)33(41)42)36-46-34(2,3)35(4,5)47-36)39(48(43)44)18-23-16-29-27(17-25(23)20-7-8-20)30(32(40)38-6)31(45-29)21-9-12-24(37)13-10-21/h9-17,19-20H,7-8,18H2,1-6H3,(H,38,40)(H,41,42)(H,43,44)/p-1. The molecule has 13 heteroatoms. The minimum atomic E-state index is -2.70. The highest BCUT2D eigenvalue weighted by Crippen LogP contribution is 2.46. The second-order valence-corrected chi connectivity index (χ2v) is 14.3. The van der Waals surface area contributed by atoms with Gasteiger partial charge in [-0.25, -0.2) is 13.5 Å². The van der Waals surface area contributed by atoms with Gasteiger partial charge in [-0.1, -0.05) is 12.1 Å². The molecular weight excluding hydrogens is 638 g/mol. The van der Waals surface area contributed by atoms with Crippen LogP contribution in [0, 0.1) is 5.82 Å². The third-order valence-corrected chi connectivity index (χ3v) is 10.6. The van der Waals surface area contributed by atoms with Crippen LogP contribution in [-0.2, 0) is 27.1 Å². The van der Waals surface area contributed by atoms with Gasteiger partial charge >= 0.3 is 13.1 Å². The topological polar surface area (TPSA) is 141 Å². The smallest absolute Gasteiger partial charge is 0.495 e. The Morgan fingerprint density at radius 3 is 2.29 bits per heavy atom. The molecule has 0 radical (unpaired) electrons. The summed E-state index contributed by atoms with van der Waals surface area (Å²) in [6, 6.07) is 13.3. The Labute approximate surface area is 281 Å². The van der Waals surface area contributed by atoms with Gasteiger partial charge in [-0.05, 0) is 118 Å². The zero-order valence-electron chi connectivity index (χ0n) is 27.6. The van der Waals surface area contributed by atoms with E-state index < -0.39 is 47.4 Å². The quantitative estimate of drug-likeness (QED) is 0.158. The van der Waals surface area contributed by atoms with Crippen LogP contribution in [0.5, 0.6) is 0 Å². The predicted molar refractivity (Wildman–Crippen MR) is 179 cm³/mol. The molecule has 2 fully saturated rings. The van der Waals surface area contributed by atoms with E-state index in [9.17, 15) is 27.8 Å². The molecule has 2 N–H and O–H groups in total. The molecule has 2 atom stereocenters. The molecule has 1 saturated heterocycles. The van der Waals surface area contributed by atoms with Crippen molar-refractivity contribution in [1.29, 1.82) is 0 Å². The number of carboxylic acids is 1. The van der Waals surface area contributed by atoms with Crippen LogP contribution in [0.3, 0.4) is 0 Å². The minimum absolute atomic E-state index is 0.0255. The van der Waals surface area contributed by atoms with E-state index in [4.69, 9.17) is 13.7 Å². The number of rotatable bonds is 10. The fourth-order valence-electron chi connectivity index (χ4n) is 6.12. The van der Waals surface area contributed by atoms with Crippen molar-refractivity contribution in [2.24, 2.45) is 0 Å². The Balaban J connectivity index is 1.38. The molecule has 10 nitrogen and oxygen atoms in total. The van der Waals surface area contributed by atoms with Gasteiger partial charge in [-0.2, -0.15) is 0 Å². The van der Waals surface area contributed by atoms with E-state index in [0.29, 0.717) is 38.7 Å². The van der Waals surface area contributed by atoms with Crippen LogP contribution in [0.25, 0.3) is 22.3 Å². The number of fused-ring (bicyclic) bond motifs is 1. The zero-order chi connectivity index (χ0) is 34.7.